The summed E-state index contributed by atoms with van der Waals surface area (Å²) in [6, 6.07) is 0. The molecule has 0 fully saturated rings. The van der Waals surface area contributed by atoms with E-state index < -0.39 is 0 Å². The van der Waals surface area contributed by atoms with Gasteiger partial charge in [0.15, 0.2) is 5.88 Å². The van der Waals surface area contributed by atoms with E-state index in [4.69, 9.17) is 4.74 Å². The Morgan fingerprint density at radius 2 is 1.21 bits per heavy atom. The third kappa shape index (κ3) is 72.3. The highest BCUT2D eigenvalue weighted by atomic mass is 32.2. The summed E-state index contributed by atoms with van der Waals surface area (Å²) in [5.74, 6) is 4.68. The van der Waals surface area contributed by atoms with Crippen molar-refractivity contribution in [2.24, 2.45) is 0 Å². The molecule has 0 saturated carbocycles. The molecule has 0 aliphatic heterocycles. The standard InChI is InChI=1S/C7H15NO.C7H15NS.C5H11N.C5H12.C2H6.CH2S/c2*1-4-5-6-9-7(2)8-3;1-5(2)6(3)4;1-3-5-4-2;2*1-2/h2*8H,2,4-6H2,1,3H3;1H2,2-4H3;3-5H2,1-2H3;1-2H3;1H2. The van der Waals surface area contributed by atoms with Gasteiger partial charge in [-0.1, -0.05) is 99.0 Å². The average molecular weight is 508 g/mol. The van der Waals surface area contributed by atoms with Crippen LogP contribution in [0.25, 0.3) is 0 Å². The molecular formula is C27H61N3OS2. The minimum Gasteiger partial charge on any atom is -0.480 e. The predicted octanol–water partition coefficient (Wildman–Crippen LogP) is 8.62. The Kier molecular flexibility index (Phi) is 66.5. The SMILES string of the molecule is C=C(C)N(C)C.C=C(NC)OCCCC.C=C(NC)SCCCC.C=S.CC.CCCCC. The number of nitrogens with zero attached hydrogens (tertiary/aromatic N) is 1. The van der Waals surface area contributed by atoms with Crippen molar-refractivity contribution in [1.82, 2.24) is 15.5 Å². The summed E-state index contributed by atoms with van der Waals surface area (Å²) < 4.78 is 5.13. The van der Waals surface area contributed by atoms with E-state index in [1.807, 2.05) is 46.8 Å². The van der Waals surface area contributed by atoms with E-state index in [9.17, 15) is 0 Å². The van der Waals surface area contributed by atoms with E-state index in [0.29, 0.717) is 5.88 Å². The van der Waals surface area contributed by atoms with E-state index in [1.165, 1.54) is 37.9 Å². The number of unbranched alkanes of at least 4 members (excludes halogenated alkanes) is 4. The maximum Gasteiger partial charge on any atom is 0.178 e. The average Bonchev–Trinajstić information content (AvgIpc) is 2.83. The summed E-state index contributed by atoms with van der Waals surface area (Å²) in [7, 11) is 7.65. The van der Waals surface area contributed by atoms with Gasteiger partial charge in [0.2, 0.25) is 0 Å². The molecule has 0 radical (unpaired) electrons. The molecule has 0 aromatic rings. The number of ether oxygens (including phenoxy) is 1. The molecule has 0 atom stereocenters. The fraction of sp³-hybridized carbons (Fsp3) is 0.741. The molecule has 0 saturated heterocycles. The molecule has 0 bridgehead atoms. The smallest absolute Gasteiger partial charge is 0.178 e. The lowest BCUT2D eigenvalue weighted by Crippen LogP contribution is -2.08. The van der Waals surface area contributed by atoms with Crippen molar-refractivity contribution >= 4 is 29.9 Å². The summed E-state index contributed by atoms with van der Waals surface area (Å²) in [6.07, 6.45) is 8.89. The van der Waals surface area contributed by atoms with Crippen molar-refractivity contribution in [2.45, 2.75) is 93.4 Å². The number of allylic oxidation sites excluding steroid dienone is 1. The Balaban J connectivity index is -0.0000000715. The molecule has 0 aliphatic rings. The fourth-order valence-electron chi connectivity index (χ4n) is 1.18. The molecule has 202 valence electrons. The van der Waals surface area contributed by atoms with Crippen molar-refractivity contribution in [3.63, 3.8) is 0 Å². The first-order valence-corrected chi connectivity index (χ1v) is 13.8. The molecule has 0 unspecified atom stereocenters. The molecule has 33 heavy (non-hydrogen) atoms. The molecule has 4 nitrogen and oxygen atoms in total. The molecule has 0 aromatic heterocycles. The molecule has 0 spiro atoms. The van der Waals surface area contributed by atoms with Crippen molar-refractivity contribution in [3.8, 4) is 0 Å². The van der Waals surface area contributed by atoms with Gasteiger partial charge >= 0.3 is 0 Å². The van der Waals surface area contributed by atoms with E-state index in [0.717, 1.165) is 30.2 Å². The third-order valence-corrected chi connectivity index (χ3v) is 4.62. The summed E-state index contributed by atoms with van der Waals surface area (Å²) in [6.45, 7) is 26.6. The van der Waals surface area contributed by atoms with Crippen LogP contribution in [0.1, 0.15) is 93.4 Å². The normalized spacial score (nSPS) is 7.85. The maximum atomic E-state index is 5.13. The minimum absolute atomic E-state index is 0.656. The van der Waals surface area contributed by atoms with Gasteiger partial charge in [-0.25, -0.2) is 0 Å². The zero-order valence-electron chi connectivity index (χ0n) is 24.4. The summed E-state index contributed by atoms with van der Waals surface area (Å²) >= 11 is 5.63. The molecular weight excluding hydrogens is 446 g/mol. The van der Waals surface area contributed by atoms with Crippen LogP contribution in [0, 0.1) is 0 Å². The first-order valence-electron chi connectivity index (χ1n) is 12.3. The van der Waals surface area contributed by atoms with Gasteiger partial charge in [-0.2, -0.15) is 0 Å². The van der Waals surface area contributed by atoms with Gasteiger partial charge in [0.1, 0.15) is 0 Å². The lowest BCUT2D eigenvalue weighted by Gasteiger charge is -2.08. The molecule has 6 heteroatoms. The van der Waals surface area contributed by atoms with Gasteiger partial charge in [0.05, 0.1) is 11.6 Å². The Bertz CT molecular complexity index is 352. The first kappa shape index (κ1) is 45.4. The van der Waals surface area contributed by atoms with Crippen LogP contribution in [-0.2, 0) is 4.74 Å². The van der Waals surface area contributed by atoms with Crippen molar-refractivity contribution in [3.05, 3.63) is 36.3 Å². The zero-order chi connectivity index (χ0) is 27.5. The topological polar surface area (TPSA) is 36.5 Å². The summed E-state index contributed by atoms with van der Waals surface area (Å²) in [5, 5.41) is 6.87. The van der Waals surface area contributed by atoms with Crippen molar-refractivity contribution in [2.75, 3.05) is 40.6 Å². The molecule has 0 amide bonds. The Hall–Kier alpha value is -1.14. The van der Waals surface area contributed by atoms with Crippen LogP contribution in [0.4, 0.5) is 0 Å². The second-order valence-electron chi connectivity index (χ2n) is 6.73. The second kappa shape index (κ2) is 48.3. The highest BCUT2D eigenvalue weighted by Gasteiger charge is 1.88. The quantitative estimate of drug-likeness (QED) is 0.148. The molecule has 2 N–H and O–H groups in total. The fourth-order valence-corrected chi connectivity index (χ4v) is 2.00. The van der Waals surface area contributed by atoms with Crippen LogP contribution in [0.2, 0.25) is 0 Å². The highest BCUT2D eigenvalue weighted by molar-refractivity contribution is 8.02. The van der Waals surface area contributed by atoms with Gasteiger partial charge in [-0.05, 0) is 38.0 Å². The van der Waals surface area contributed by atoms with Crippen LogP contribution in [0.5, 0.6) is 0 Å². The van der Waals surface area contributed by atoms with Gasteiger partial charge in [0.25, 0.3) is 0 Å². The minimum atomic E-state index is 0.656. The number of thiocarbonyl (C=S) groups is 1. The maximum absolute atomic E-state index is 5.13. The highest BCUT2D eigenvalue weighted by Crippen LogP contribution is 2.10. The van der Waals surface area contributed by atoms with E-state index in [-0.39, 0.29) is 0 Å². The number of hydrogen-bond donors (Lipinski definition) is 2. The first-order chi connectivity index (χ1) is 15.7. The zero-order valence-corrected chi connectivity index (χ0v) is 26.0. The van der Waals surface area contributed by atoms with Crippen molar-refractivity contribution < 1.29 is 4.74 Å². The Morgan fingerprint density at radius 1 is 0.818 bits per heavy atom. The summed E-state index contributed by atoms with van der Waals surface area (Å²) in [4.78, 5) is 1.97. The monoisotopic (exact) mass is 507 g/mol. The lowest BCUT2D eigenvalue weighted by molar-refractivity contribution is 0.192. The Labute approximate surface area is 220 Å². The molecule has 0 rings (SSSR count). The Morgan fingerprint density at radius 3 is 1.45 bits per heavy atom. The molecule has 0 aromatic carbocycles. The van der Waals surface area contributed by atoms with Crippen LogP contribution < -0.4 is 10.6 Å². The molecule has 0 heterocycles. The van der Waals surface area contributed by atoms with E-state index in [2.05, 4.69) is 76.2 Å². The molecule has 0 aliphatic carbocycles. The second-order valence-corrected chi connectivity index (χ2v) is 7.92. The van der Waals surface area contributed by atoms with Gasteiger partial charge in [-0.3, -0.25) is 0 Å². The van der Waals surface area contributed by atoms with E-state index >= 15 is 0 Å². The number of rotatable bonds is 13. The van der Waals surface area contributed by atoms with Crippen LogP contribution in [0.3, 0.4) is 0 Å². The van der Waals surface area contributed by atoms with Gasteiger partial charge in [0, 0.05) is 33.9 Å². The van der Waals surface area contributed by atoms with E-state index in [1.54, 1.807) is 18.8 Å². The van der Waals surface area contributed by atoms with Crippen molar-refractivity contribution in [1.29, 1.82) is 0 Å². The van der Waals surface area contributed by atoms with Gasteiger partial charge < -0.3 is 20.3 Å². The predicted molar refractivity (Wildman–Crippen MR) is 164 cm³/mol. The van der Waals surface area contributed by atoms with Gasteiger partial charge in [-0.15, -0.1) is 11.8 Å². The van der Waals surface area contributed by atoms with Crippen LogP contribution >= 0.6 is 24.0 Å². The largest absolute Gasteiger partial charge is 0.480 e. The van der Waals surface area contributed by atoms with Crippen LogP contribution in [-0.4, -0.2) is 51.3 Å². The number of nitrogens with one attached hydrogen (secondary N) is 2. The van der Waals surface area contributed by atoms with Crippen LogP contribution in [0.15, 0.2) is 36.3 Å². The number of thioether (sulfide) groups is 1. The summed E-state index contributed by atoms with van der Waals surface area (Å²) in [5.41, 5.74) is 1.09. The third-order valence-electron chi connectivity index (χ3n) is 3.58. The lowest BCUT2D eigenvalue weighted by atomic mass is 10.3. The number of hydrogen-bond acceptors (Lipinski definition) is 6.